The molecule has 1 N–H and O–H groups in total. The molecule has 7 nitrogen and oxygen atoms in total. The van der Waals surface area contributed by atoms with E-state index in [1.54, 1.807) is 52.5 Å². The van der Waals surface area contributed by atoms with Crippen LogP contribution in [0.2, 0.25) is 0 Å². The van der Waals surface area contributed by atoms with Crippen LogP contribution in [0, 0.1) is 0 Å². The normalized spacial score (nSPS) is 10.8. The van der Waals surface area contributed by atoms with Crippen LogP contribution in [0.3, 0.4) is 0 Å². The van der Waals surface area contributed by atoms with Crippen molar-refractivity contribution in [1.29, 1.82) is 0 Å². The summed E-state index contributed by atoms with van der Waals surface area (Å²) in [4.78, 5) is 30.9. The smallest absolute Gasteiger partial charge is 0.339 e. The molecule has 0 saturated heterocycles. The molecule has 0 saturated carbocycles. The van der Waals surface area contributed by atoms with Crippen molar-refractivity contribution in [2.24, 2.45) is 0 Å². The van der Waals surface area contributed by atoms with Crippen LogP contribution in [-0.4, -0.2) is 33.8 Å². The van der Waals surface area contributed by atoms with Gasteiger partial charge in [-0.1, -0.05) is 18.2 Å². The SMILES string of the molecule is CCn1ncc2c(C(=O)Nc3ccccc3C(=O)OC)cc(-c3cccs3)nc21. The van der Waals surface area contributed by atoms with Crippen LogP contribution in [0.25, 0.3) is 21.6 Å². The van der Waals surface area contributed by atoms with Crippen molar-refractivity contribution in [1.82, 2.24) is 14.8 Å². The van der Waals surface area contributed by atoms with Crippen LogP contribution in [-0.2, 0) is 11.3 Å². The summed E-state index contributed by atoms with van der Waals surface area (Å²) < 4.78 is 6.56. The molecule has 1 amide bonds. The lowest BCUT2D eigenvalue weighted by atomic mass is 10.1. The predicted molar refractivity (Wildman–Crippen MR) is 112 cm³/mol. The fourth-order valence-electron chi connectivity index (χ4n) is 3.09. The quantitative estimate of drug-likeness (QED) is 0.502. The lowest BCUT2D eigenvalue weighted by Gasteiger charge is -2.11. The van der Waals surface area contributed by atoms with Gasteiger partial charge in [-0.15, -0.1) is 11.3 Å². The third-order valence-electron chi connectivity index (χ3n) is 4.51. The minimum Gasteiger partial charge on any atom is -0.465 e. The van der Waals surface area contributed by atoms with E-state index >= 15 is 0 Å². The predicted octanol–water partition coefficient (Wildman–Crippen LogP) is 4.22. The van der Waals surface area contributed by atoms with Crippen LogP contribution in [0.4, 0.5) is 5.69 Å². The van der Waals surface area contributed by atoms with Crippen LogP contribution in [0.15, 0.2) is 54.0 Å². The molecular weight excluding hydrogens is 388 g/mol. The molecule has 0 radical (unpaired) electrons. The van der Waals surface area contributed by atoms with Gasteiger partial charge >= 0.3 is 5.97 Å². The van der Waals surface area contributed by atoms with Gasteiger partial charge in [0.05, 0.1) is 46.1 Å². The van der Waals surface area contributed by atoms with E-state index in [-0.39, 0.29) is 11.5 Å². The van der Waals surface area contributed by atoms with E-state index < -0.39 is 5.97 Å². The Morgan fingerprint density at radius 2 is 2.00 bits per heavy atom. The monoisotopic (exact) mass is 406 g/mol. The molecular formula is C21H18N4O3S. The Balaban J connectivity index is 1.80. The second-order valence-electron chi connectivity index (χ2n) is 6.22. The number of hydrogen-bond donors (Lipinski definition) is 1. The van der Waals surface area contributed by atoms with Crippen LogP contribution < -0.4 is 5.32 Å². The summed E-state index contributed by atoms with van der Waals surface area (Å²) >= 11 is 1.55. The zero-order valence-electron chi connectivity index (χ0n) is 15.9. The highest BCUT2D eigenvalue weighted by atomic mass is 32.1. The summed E-state index contributed by atoms with van der Waals surface area (Å²) in [5, 5.41) is 9.80. The maximum atomic E-state index is 13.2. The van der Waals surface area contributed by atoms with E-state index in [0.29, 0.717) is 34.5 Å². The van der Waals surface area contributed by atoms with Gasteiger partial charge in [0, 0.05) is 6.54 Å². The molecule has 29 heavy (non-hydrogen) atoms. The molecule has 4 aromatic rings. The Bertz CT molecular complexity index is 1200. The van der Waals surface area contributed by atoms with Crippen molar-refractivity contribution in [2.75, 3.05) is 12.4 Å². The van der Waals surface area contributed by atoms with Crippen LogP contribution in [0.1, 0.15) is 27.6 Å². The van der Waals surface area contributed by atoms with Gasteiger partial charge in [-0.2, -0.15) is 5.10 Å². The Labute approximate surface area is 171 Å². The Morgan fingerprint density at radius 1 is 1.17 bits per heavy atom. The molecule has 0 atom stereocenters. The van der Waals surface area contributed by atoms with Crippen molar-refractivity contribution >= 4 is 39.9 Å². The van der Waals surface area contributed by atoms with Gasteiger partial charge in [-0.3, -0.25) is 4.79 Å². The highest BCUT2D eigenvalue weighted by Gasteiger charge is 2.20. The number of methoxy groups -OCH3 is 1. The zero-order valence-corrected chi connectivity index (χ0v) is 16.7. The molecule has 146 valence electrons. The molecule has 0 unspecified atom stereocenters. The van der Waals surface area contributed by atoms with Crippen molar-refractivity contribution in [3.05, 3.63) is 65.2 Å². The number of carbonyl (C=O) groups is 2. The summed E-state index contributed by atoms with van der Waals surface area (Å²) in [7, 11) is 1.31. The maximum Gasteiger partial charge on any atom is 0.339 e. The number of hydrogen-bond acceptors (Lipinski definition) is 6. The van der Waals surface area contributed by atoms with Gasteiger partial charge in [0.15, 0.2) is 5.65 Å². The van der Waals surface area contributed by atoms with Crippen LogP contribution in [0.5, 0.6) is 0 Å². The van der Waals surface area contributed by atoms with Gasteiger partial charge in [-0.25, -0.2) is 14.5 Å². The molecule has 1 aromatic carbocycles. The van der Waals surface area contributed by atoms with E-state index in [0.717, 1.165) is 4.88 Å². The molecule has 8 heteroatoms. The molecule has 0 spiro atoms. The fourth-order valence-corrected chi connectivity index (χ4v) is 3.77. The third-order valence-corrected chi connectivity index (χ3v) is 5.40. The molecule has 3 heterocycles. The van der Waals surface area contributed by atoms with Gasteiger partial charge < -0.3 is 10.1 Å². The first-order chi connectivity index (χ1) is 14.1. The summed E-state index contributed by atoms with van der Waals surface area (Å²) in [5.41, 5.74) is 2.46. The largest absolute Gasteiger partial charge is 0.465 e. The van der Waals surface area contributed by atoms with Gasteiger partial charge in [0.2, 0.25) is 0 Å². The number of ether oxygens (including phenoxy) is 1. The van der Waals surface area contributed by atoms with Crippen molar-refractivity contribution < 1.29 is 14.3 Å². The molecule has 3 aromatic heterocycles. The standard InChI is InChI=1S/C21H18N4O3S/c1-3-25-19-15(12-22-25)14(11-17(23-19)18-9-6-10-29-18)20(26)24-16-8-5-4-7-13(16)21(27)28-2/h4-12H,3H2,1-2H3,(H,24,26). The summed E-state index contributed by atoms with van der Waals surface area (Å²) in [6.45, 7) is 2.61. The van der Waals surface area contributed by atoms with Crippen molar-refractivity contribution in [2.45, 2.75) is 13.5 Å². The first-order valence-electron chi connectivity index (χ1n) is 9.01. The van der Waals surface area contributed by atoms with Crippen LogP contribution >= 0.6 is 11.3 Å². The van der Waals surface area contributed by atoms with Crippen molar-refractivity contribution in [3.8, 4) is 10.6 Å². The topological polar surface area (TPSA) is 86.1 Å². The first-order valence-corrected chi connectivity index (χ1v) is 9.89. The molecule has 0 aliphatic rings. The number of fused-ring (bicyclic) bond motifs is 1. The van der Waals surface area contributed by atoms with E-state index in [1.165, 1.54) is 7.11 Å². The molecule has 0 fully saturated rings. The second kappa shape index (κ2) is 7.84. The Hall–Kier alpha value is -3.52. The number of para-hydroxylation sites is 1. The summed E-state index contributed by atoms with van der Waals surface area (Å²) in [6.07, 6.45) is 1.64. The number of nitrogens with zero attached hydrogens (tertiary/aromatic N) is 3. The number of anilines is 1. The molecule has 0 aliphatic carbocycles. The lowest BCUT2D eigenvalue weighted by Crippen LogP contribution is -2.16. The maximum absolute atomic E-state index is 13.2. The Kier molecular flexibility index (Phi) is 5.09. The summed E-state index contributed by atoms with van der Waals surface area (Å²) in [6, 6.07) is 12.4. The average Bonchev–Trinajstić information content (AvgIpc) is 3.42. The zero-order chi connectivity index (χ0) is 20.4. The van der Waals surface area contributed by atoms with Gasteiger partial charge in [0.25, 0.3) is 5.91 Å². The highest BCUT2D eigenvalue weighted by molar-refractivity contribution is 7.13. The van der Waals surface area contributed by atoms with E-state index in [9.17, 15) is 9.59 Å². The Morgan fingerprint density at radius 3 is 2.72 bits per heavy atom. The van der Waals surface area contributed by atoms with E-state index in [4.69, 9.17) is 9.72 Å². The van der Waals surface area contributed by atoms with E-state index in [1.807, 2.05) is 24.4 Å². The average molecular weight is 406 g/mol. The van der Waals surface area contributed by atoms with Crippen molar-refractivity contribution in [3.63, 3.8) is 0 Å². The number of rotatable bonds is 5. The first kappa shape index (κ1) is 18.8. The third kappa shape index (κ3) is 3.50. The molecule has 0 bridgehead atoms. The highest BCUT2D eigenvalue weighted by Crippen LogP contribution is 2.29. The molecule has 4 rings (SSSR count). The van der Waals surface area contributed by atoms with E-state index in [2.05, 4.69) is 10.4 Å². The second-order valence-corrected chi connectivity index (χ2v) is 7.17. The fraction of sp³-hybridized carbons (Fsp3) is 0.143. The van der Waals surface area contributed by atoms with Gasteiger partial charge in [-0.05, 0) is 36.6 Å². The number of thiophene rings is 1. The van der Waals surface area contributed by atoms with Gasteiger partial charge in [0.1, 0.15) is 0 Å². The number of carbonyl (C=O) groups excluding carboxylic acids is 2. The lowest BCUT2D eigenvalue weighted by molar-refractivity contribution is 0.0602. The minimum atomic E-state index is -0.515. The minimum absolute atomic E-state index is 0.288. The number of esters is 1. The number of nitrogens with one attached hydrogen (secondary N) is 1. The summed E-state index contributed by atoms with van der Waals surface area (Å²) in [5.74, 6) is -0.860. The number of aromatic nitrogens is 3. The number of benzene rings is 1. The molecule has 0 aliphatic heterocycles. The number of pyridine rings is 1. The number of aryl methyl sites for hydroxylation is 1. The number of amides is 1.